The lowest BCUT2D eigenvalue weighted by molar-refractivity contribution is 0.0988. The fourth-order valence-electron chi connectivity index (χ4n) is 2.10. The van der Waals surface area contributed by atoms with Gasteiger partial charge in [-0.1, -0.05) is 35.8 Å². The molecule has 4 nitrogen and oxygen atoms in total. The summed E-state index contributed by atoms with van der Waals surface area (Å²) < 4.78 is 2.80. The third kappa shape index (κ3) is 3.54. The molecule has 106 valence electrons. The van der Waals surface area contributed by atoms with E-state index >= 15 is 0 Å². The Kier molecular flexibility index (Phi) is 4.70. The third-order valence-electron chi connectivity index (χ3n) is 3.04. The molecular formula is C15H18BrN3O. The molecule has 0 bridgehead atoms. The topological polar surface area (TPSA) is 47.8 Å². The van der Waals surface area contributed by atoms with Crippen LogP contribution in [-0.4, -0.2) is 20.5 Å². The smallest absolute Gasteiger partial charge is 0.170 e. The zero-order valence-corrected chi connectivity index (χ0v) is 13.5. The van der Waals surface area contributed by atoms with Gasteiger partial charge in [-0.05, 0) is 30.5 Å². The van der Waals surface area contributed by atoms with Crippen molar-refractivity contribution in [1.82, 2.24) is 14.8 Å². The Morgan fingerprint density at radius 1 is 1.40 bits per heavy atom. The second-order valence-corrected chi connectivity index (χ2v) is 6.23. The average molecular weight is 336 g/mol. The summed E-state index contributed by atoms with van der Waals surface area (Å²) in [5.74, 6) is 1.28. The second kappa shape index (κ2) is 6.31. The van der Waals surface area contributed by atoms with E-state index in [0.29, 0.717) is 5.92 Å². The highest BCUT2D eigenvalue weighted by molar-refractivity contribution is 9.10. The molecule has 0 fully saturated rings. The van der Waals surface area contributed by atoms with Gasteiger partial charge in [0.05, 0.1) is 6.42 Å². The first-order valence-electron chi connectivity index (χ1n) is 6.63. The van der Waals surface area contributed by atoms with Gasteiger partial charge in [-0.25, -0.2) is 9.67 Å². The number of aryl methyl sites for hydroxylation is 1. The highest BCUT2D eigenvalue weighted by Crippen LogP contribution is 2.17. The van der Waals surface area contributed by atoms with Crippen LogP contribution in [0.5, 0.6) is 0 Å². The lowest BCUT2D eigenvalue weighted by Crippen LogP contribution is -2.14. The Morgan fingerprint density at radius 3 is 2.80 bits per heavy atom. The lowest BCUT2D eigenvalue weighted by atomic mass is 10.0. The number of halogens is 1. The summed E-state index contributed by atoms with van der Waals surface area (Å²) in [6, 6.07) is 5.69. The van der Waals surface area contributed by atoms with Crippen LogP contribution in [0.3, 0.4) is 0 Å². The number of hydrogen-bond acceptors (Lipinski definition) is 3. The van der Waals surface area contributed by atoms with Crippen molar-refractivity contribution in [1.29, 1.82) is 0 Å². The normalized spacial score (nSPS) is 11.1. The number of aromatic nitrogens is 3. The van der Waals surface area contributed by atoms with Crippen molar-refractivity contribution in [3.63, 3.8) is 0 Å². The summed E-state index contributed by atoms with van der Waals surface area (Å²) >= 11 is 3.41. The summed E-state index contributed by atoms with van der Waals surface area (Å²) in [6.45, 7) is 6.96. The molecular weight excluding hydrogens is 318 g/mol. The van der Waals surface area contributed by atoms with E-state index in [9.17, 15) is 4.79 Å². The van der Waals surface area contributed by atoms with Crippen molar-refractivity contribution >= 4 is 21.7 Å². The lowest BCUT2D eigenvalue weighted by Gasteiger charge is -2.09. The van der Waals surface area contributed by atoms with Crippen molar-refractivity contribution < 1.29 is 4.79 Å². The number of carbonyl (C=O) groups is 1. The Hall–Kier alpha value is -1.49. The molecule has 1 heterocycles. The van der Waals surface area contributed by atoms with E-state index in [1.807, 2.05) is 29.8 Å². The summed E-state index contributed by atoms with van der Waals surface area (Å²) in [5, 5.41) is 4.19. The minimum Gasteiger partial charge on any atom is -0.294 e. The Morgan fingerprint density at radius 2 is 2.15 bits per heavy atom. The highest BCUT2D eigenvalue weighted by atomic mass is 79.9. The summed E-state index contributed by atoms with van der Waals surface area (Å²) in [4.78, 5) is 16.6. The molecule has 0 spiro atoms. The Balaban J connectivity index is 2.17. The standard InChI is InChI=1S/C15H18BrN3O/c1-10(2)8-19-15(17-9-18-19)7-14(20)13-5-4-12(16)6-11(13)3/h4-6,9-10H,7-8H2,1-3H3. The molecule has 0 aliphatic heterocycles. The van der Waals surface area contributed by atoms with Gasteiger partial charge in [0.2, 0.25) is 0 Å². The van der Waals surface area contributed by atoms with Gasteiger partial charge in [0.25, 0.3) is 0 Å². The molecule has 2 rings (SSSR count). The van der Waals surface area contributed by atoms with Gasteiger partial charge in [-0.2, -0.15) is 5.10 Å². The minimum atomic E-state index is 0.0769. The maximum Gasteiger partial charge on any atom is 0.170 e. The van der Waals surface area contributed by atoms with E-state index < -0.39 is 0 Å². The average Bonchev–Trinajstić information content (AvgIpc) is 2.75. The molecule has 0 radical (unpaired) electrons. The largest absolute Gasteiger partial charge is 0.294 e. The van der Waals surface area contributed by atoms with Crippen LogP contribution >= 0.6 is 15.9 Å². The van der Waals surface area contributed by atoms with Crippen molar-refractivity contribution in [2.24, 2.45) is 5.92 Å². The summed E-state index contributed by atoms with van der Waals surface area (Å²) in [7, 11) is 0. The molecule has 0 atom stereocenters. The first kappa shape index (κ1) is 14.9. The highest BCUT2D eigenvalue weighted by Gasteiger charge is 2.14. The van der Waals surface area contributed by atoms with Crippen molar-refractivity contribution in [3.8, 4) is 0 Å². The first-order chi connectivity index (χ1) is 9.47. The van der Waals surface area contributed by atoms with Gasteiger partial charge in [0.15, 0.2) is 5.78 Å². The van der Waals surface area contributed by atoms with Gasteiger partial charge in [-0.15, -0.1) is 0 Å². The van der Waals surface area contributed by atoms with Crippen LogP contribution in [0.4, 0.5) is 0 Å². The zero-order chi connectivity index (χ0) is 14.7. The molecule has 1 aromatic heterocycles. The second-order valence-electron chi connectivity index (χ2n) is 5.31. The van der Waals surface area contributed by atoms with Crippen LogP contribution in [0.25, 0.3) is 0 Å². The molecule has 2 aromatic rings. The molecule has 0 aliphatic rings. The molecule has 0 unspecified atom stereocenters. The van der Waals surface area contributed by atoms with Crippen LogP contribution in [-0.2, 0) is 13.0 Å². The third-order valence-corrected chi connectivity index (χ3v) is 3.53. The minimum absolute atomic E-state index is 0.0769. The van der Waals surface area contributed by atoms with E-state index in [4.69, 9.17) is 0 Å². The van der Waals surface area contributed by atoms with Crippen LogP contribution < -0.4 is 0 Å². The van der Waals surface area contributed by atoms with Crippen molar-refractivity contribution in [3.05, 3.63) is 46.0 Å². The van der Waals surface area contributed by atoms with Gasteiger partial charge in [-0.3, -0.25) is 4.79 Å². The molecule has 0 aliphatic carbocycles. The number of nitrogens with zero attached hydrogens (tertiary/aromatic N) is 3. The maximum absolute atomic E-state index is 12.4. The fraction of sp³-hybridized carbons (Fsp3) is 0.400. The molecule has 0 saturated heterocycles. The fourth-order valence-corrected chi connectivity index (χ4v) is 2.58. The van der Waals surface area contributed by atoms with Crippen LogP contribution in [0, 0.1) is 12.8 Å². The van der Waals surface area contributed by atoms with Gasteiger partial charge >= 0.3 is 0 Å². The zero-order valence-electron chi connectivity index (χ0n) is 11.9. The van der Waals surface area contributed by atoms with Gasteiger partial charge in [0.1, 0.15) is 12.2 Å². The predicted octanol–water partition coefficient (Wildman–Crippen LogP) is 3.43. The van der Waals surface area contributed by atoms with E-state index in [2.05, 4.69) is 39.9 Å². The van der Waals surface area contributed by atoms with Crippen molar-refractivity contribution in [2.75, 3.05) is 0 Å². The van der Waals surface area contributed by atoms with Crippen LogP contribution in [0.15, 0.2) is 29.0 Å². The Labute approximate surface area is 127 Å². The molecule has 1 aromatic carbocycles. The summed E-state index contributed by atoms with van der Waals surface area (Å²) in [5.41, 5.74) is 1.71. The molecule has 5 heteroatoms. The SMILES string of the molecule is Cc1cc(Br)ccc1C(=O)Cc1ncnn1CC(C)C. The van der Waals surface area contributed by atoms with E-state index in [1.165, 1.54) is 6.33 Å². The molecule has 0 N–H and O–H groups in total. The van der Waals surface area contributed by atoms with E-state index in [1.54, 1.807) is 0 Å². The molecule has 0 amide bonds. The number of benzene rings is 1. The van der Waals surface area contributed by atoms with Crippen LogP contribution in [0.2, 0.25) is 0 Å². The molecule has 0 saturated carbocycles. The van der Waals surface area contributed by atoms with E-state index in [-0.39, 0.29) is 12.2 Å². The number of Topliss-reactive ketones (excluding diaryl/α,β-unsaturated/α-hetero) is 1. The monoisotopic (exact) mass is 335 g/mol. The molecule has 20 heavy (non-hydrogen) atoms. The maximum atomic E-state index is 12.4. The predicted molar refractivity (Wildman–Crippen MR) is 81.8 cm³/mol. The van der Waals surface area contributed by atoms with E-state index in [0.717, 1.165) is 28.0 Å². The van der Waals surface area contributed by atoms with Crippen molar-refractivity contribution in [2.45, 2.75) is 33.7 Å². The number of ketones is 1. The van der Waals surface area contributed by atoms with Gasteiger partial charge in [0, 0.05) is 16.6 Å². The van der Waals surface area contributed by atoms with Gasteiger partial charge < -0.3 is 0 Å². The van der Waals surface area contributed by atoms with Crippen LogP contribution in [0.1, 0.15) is 35.6 Å². The number of hydrogen-bond donors (Lipinski definition) is 0. The quantitative estimate of drug-likeness (QED) is 0.786. The summed E-state index contributed by atoms with van der Waals surface area (Å²) in [6.07, 6.45) is 1.80. The first-order valence-corrected chi connectivity index (χ1v) is 7.42. The Bertz CT molecular complexity index is 619. The number of rotatable bonds is 5. The number of carbonyl (C=O) groups excluding carboxylic acids is 1.